The molecule has 7 nitrogen and oxygen atoms in total. The lowest BCUT2D eigenvalue weighted by atomic mass is 10.1. The minimum absolute atomic E-state index is 0.00651. The molecule has 2 aromatic carbocycles. The van der Waals surface area contributed by atoms with Gasteiger partial charge in [-0.25, -0.2) is 8.42 Å². The van der Waals surface area contributed by atoms with Crippen LogP contribution >= 0.6 is 15.9 Å². The quantitative estimate of drug-likeness (QED) is 0.484. The molecule has 144 valence electrons. The topological polar surface area (TPSA) is 98.8 Å². The molecule has 0 aromatic heterocycles. The highest BCUT2D eigenvalue weighted by atomic mass is 79.9. The molecule has 27 heavy (non-hydrogen) atoms. The fourth-order valence-electron chi connectivity index (χ4n) is 2.15. The maximum atomic E-state index is 12.3. The van der Waals surface area contributed by atoms with Crippen molar-refractivity contribution in [2.75, 3.05) is 13.7 Å². The zero-order chi connectivity index (χ0) is 20.0. The molecule has 9 heteroatoms. The van der Waals surface area contributed by atoms with E-state index in [-0.39, 0.29) is 4.90 Å². The first-order chi connectivity index (χ1) is 12.7. The van der Waals surface area contributed by atoms with Crippen LogP contribution in [0.4, 0.5) is 0 Å². The van der Waals surface area contributed by atoms with Crippen molar-refractivity contribution in [1.29, 1.82) is 0 Å². The molecule has 1 atom stereocenters. The van der Waals surface area contributed by atoms with Gasteiger partial charge in [-0.05, 0) is 49.4 Å². The second-order valence-electron chi connectivity index (χ2n) is 5.51. The number of halogens is 1. The summed E-state index contributed by atoms with van der Waals surface area (Å²) in [7, 11) is -2.36. The Bertz CT molecular complexity index is 927. The molecule has 0 radical (unpaired) electrons. The molecule has 0 spiro atoms. The fraction of sp³-hybridized carbons (Fsp3) is 0.222. The summed E-state index contributed by atoms with van der Waals surface area (Å²) in [5, 5.41) is 0. The number of nitrogens with one attached hydrogen (secondary N) is 1. The Morgan fingerprint density at radius 1 is 1.15 bits per heavy atom. The summed E-state index contributed by atoms with van der Waals surface area (Å²) in [6, 6.07) is 12.4. The maximum Gasteiger partial charge on any atom is 0.321 e. The number of esters is 1. The fourth-order valence-corrected chi connectivity index (χ4v) is 3.72. The molecule has 2 rings (SSSR count). The molecule has 0 amide bonds. The number of ether oxygens (including phenoxy) is 2. The lowest BCUT2D eigenvalue weighted by Gasteiger charge is -2.13. The third kappa shape index (κ3) is 5.88. The third-order valence-corrected chi connectivity index (χ3v) is 5.46. The van der Waals surface area contributed by atoms with Gasteiger partial charge in [0.05, 0.1) is 12.0 Å². The average Bonchev–Trinajstić information content (AvgIpc) is 2.66. The number of methoxy groups -OCH3 is 1. The summed E-state index contributed by atoms with van der Waals surface area (Å²) in [4.78, 5) is 24.2. The van der Waals surface area contributed by atoms with Crippen molar-refractivity contribution >= 4 is 37.7 Å². The van der Waals surface area contributed by atoms with Crippen LogP contribution in [0.3, 0.4) is 0 Å². The molecule has 1 N–H and O–H groups in total. The van der Waals surface area contributed by atoms with Crippen LogP contribution < -0.4 is 9.46 Å². The van der Waals surface area contributed by atoms with Gasteiger partial charge in [0.15, 0.2) is 6.10 Å². The molecule has 0 saturated carbocycles. The van der Waals surface area contributed by atoms with Gasteiger partial charge in [-0.1, -0.05) is 22.0 Å². The highest BCUT2D eigenvalue weighted by Gasteiger charge is 2.21. The number of hydrogen-bond donors (Lipinski definition) is 1. The standard InChI is InChI=1S/C18H18BrNO6S/c1-12(18(22)13-6-8-15(25-2)9-7-13)26-17(21)11-20-27(23,24)16-5-3-4-14(19)10-16/h3-10,12,20H,11H2,1-2H3. The number of carbonyl (C=O) groups is 2. The molecule has 2 aromatic rings. The van der Waals surface area contributed by atoms with Crippen molar-refractivity contribution in [3.63, 3.8) is 0 Å². The van der Waals surface area contributed by atoms with Crippen LogP contribution in [0.25, 0.3) is 0 Å². The normalized spacial score (nSPS) is 12.3. The maximum absolute atomic E-state index is 12.3. The third-order valence-electron chi connectivity index (χ3n) is 3.56. The molecule has 0 aliphatic heterocycles. The van der Waals surface area contributed by atoms with Gasteiger partial charge in [0.25, 0.3) is 0 Å². The Morgan fingerprint density at radius 2 is 1.81 bits per heavy atom. The number of ketones is 1. The number of benzene rings is 2. The predicted octanol–water partition coefficient (Wildman–Crippen LogP) is 2.55. The van der Waals surface area contributed by atoms with E-state index < -0.39 is 34.4 Å². The van der Waals surface area contributed by atoms with E-state index in [1.807, 2.05) is 0 Å². The first-order valence-electron chi connectivity index (χ1n) is 7.86. The number of carbonyl (C=O) groups excluding carboxylic acids is 2. The van der Waals surface area contributed by atoms with Crippen molar-refractivity contribution in [3.05, 3.63) is 58.6 Å². The van der Waals surface area contributed by atoms with Crippen LogP contribution in [0.5, 0.6) is 5.75 Å². The Balaban J connectivity index is 1.93. The second-order valence-corrected chi connectivity index (χ2v) is 8.19. The van der Waals surface area contributed by atoms with E-state index in [9.17, 15) is 18.0 Å². The molecule has 0 saturated heterocycles. The van der Waals surface area contributed by atoms with Gasteiger partial charge < -0.3 is 9.47 Å². The predicted molar refractivity (Wildman–Crippen MR) is 102 cm³/mol. The molecule has 0 aliphatic carbocycles. The van der Waals surface area contributed by atoms with E-state index in [4.69, 9.17) is 9.47 Å². The number of hydrogen-bond acceptors (Lipinski definition) is 6. The van der Waals surface area contributed by atoms with Gasteiger partial charge in [0.1, 0.15) is 12.3 Å². The highest BCUT2D eigenvalue weighted by Crippen LogP contribution is 2.16. The monoisotopic (exact) mass is 455 g/mol. The van der Waals surface area contributed by atoms with Crippen molar-refractivity contribution < 1.29 is 27.5 Å². The molecule has 0 bridgehead atoms. The van der Waals surface area contributed by atoms with Gasteiger partial charge >= 0.3 is 5.97 Å². The van der Waals surface area contributed by atoms with Gasteiger partial charge in [-0.15, -0.1) is 0 Å². The first kappa shape index (κ1) is 21.1. The number of sulfonamides is 1. The number of rotatable bonds is 8. The van der Waals surface area contributed by atoms with E-state index in [1.165, 1.54) is 26.2 Å². The van der Waals surface area contributed by atoms with Crippen LogP contribution in [-0.4, -0.2) is 39.9 Å². The van der Waals surface area contributed by atoms with Crippen LogP contribution in [0, 0.1) is 0 Å². The lowest BCUT2D eigenvalue weighted by molar-refractivity contribution is -0.144. The molecule has 1 unspecified atom stereocenters. The zero-order valence-electron chi connectivity index (χ0n) is 14.6. The molecular weight excluding hydrogens is 438 g/mol. The number of Topliss-reactive ketones (excluding diaryl/α,β-unsaturated/α-hetero) is 1. The first-order valence-corrected chi connectivity index (χ1v) is 10.1. The summed E-state index contributed by atoms with van der Waals surface area (Å²) in [6.45, 7) is 0.836. The van der Waals surface area contributed by atoms with E-state index in [0.717, 1.165) is 0 Å². The van der Waals surface area contributed by atoms with Gasteiger partial charge in [0, 0.05) is 10.0 Å². The van der Waals surface area contributed by atoms with Crippen LogP contribution in [0.2, 0.25) is 0 Å². The zero-order valence-corrected chi connectivity index (χ0v) is 17.0. The lowest BCUT2D eigenvalue weighted by Crippen LogP contribution is -2.34. The SMILES string of the molecule is COc1ccc(C(=O)C(C)OC(=O)CNS(=O)(=O)c2cccc(Br)c2)cc1. The van der Waals surface area contributed by atoms with E-state index >= 15 is 0 Å². The van der Waals surface area contributed by atoms with Gasteiger partial charge in [-0.2, -0.15) is 4.72 Å². The average molecular weight is 456 g/mol. The van der Waals surface area contributed by atoms with Crippen LogP contribution in [0.1, 0.15) is 17.3 Å². The summed E-state index contributed by atoms with van der Waals surface area (Å²) < 4.78 is 37.1. The highest BCUT2D eigenvalue weighted by molar-refractivity contribution is 9.10. The Labute approximate surface area is 165 Å². The van der Waals surface area contributed by atoms with Crippen LogP contribution in [0.15, 0.2) is 57.9 Å². The molecule has 0 fully saturated rings. The Morgan fingerprint density at radius 3 is 2.41 bits per heavy atom. The minimum Gasteiger partial charge on any atom is -0.497 e. The summed E-state index contributed by atoms with van der Waals surface area (Å²) >= 11 is 3.19. The largest absolute Gasteiger partial charge is 0.497 e. The van der Waals surface area contributed by atoms with Gasteiger partial charge in [0.2, 0.25) is 15.8 Å². The minimum atomic E-state index is -3.87. The van der Waals surface area contributed by atoms with E-state index in [1.54, 1.807) is 36.4 Å². The smallest absolute Gasteiger partial charge is 0.321 e. The Kier molecular flexibility index (Phi) is 7.11. The van der Waals surface area contributed by atoms with Crippen molar-refractivity contribution in [1.82, 2.24) is 4.72 Å². The molecule has 0 heterocycles. The molecular formula is C18H18BrNO6S. The van der Waals surface area contributed by atoms with Gasteiger partial charge in [-0.3, -0.25) is 9.59 Å². The van der Waals surface area contributed by atoms with Crippen molar-refractivity contribution in [2.24, 2.45) is 0 Å². The van der Waals surface area contributed by atoms with Crippen LogP contribution in [-0.2, 0) is 19.6 Å². The second kappa shape index (κ2) is 9.12. The summed E-state index contributed by atoms with van der Waals surface area (Å²) in [5.74, 6) is -0.665. The molecule has 0 aliphatic rings. The van der Waals surface area contributed by atoms with E-state index in [2.05, 4.69) is 20.7 Å². The van der Waals surface area contributed by atoms with E-state index in [0.29, 0.717) is 15.8 Å². The van der Waals surface area contributed by atoms with Crippen molar-refractivity contribution in [3.8, 4) is 5.75 Å². The summed E-state index contributed by atoms with van der Waals surface area (Å²) in [5.41, 5.74) is 0.353. The Hall–Kier alpha value is -2.23. The van der Waals surface area contributed by atoms with Crippen molar-refractivity contribution in [2.45, 2.75) is 17.9 Å². The summed E-state index contributed by atoms with van der Waals surface area (Å²) in [6.07, 6.45) is -1.05.